The summed E-state index contributed by atoms with van der Waals surface area (Å²) >= 11 is 0. The average Bonchev–Trinajstić information content (AvgIpc) is 3.24. The summed E-state index contributed by atoms with van der Waals surface area (Å²) in [7, 11) is 0. The summed E-state index contributed by atoms with van der Waals surface area (Å²) in [5.74, 6) is -0.768. The van der Waals surface area contributed by atoms with Gasteiger partial charge >= 0.3 is 0 Å². The molecule has 0 bridgehead atoms. The minimum atomic E-state index is -0.560. The lowest BCUT2D eigenvalue weighted by Gasteiger charge is -2.36. The van der Waals surface area contributed by atoms with Crippen LogP contribution in [0.2, 0.25) is 0 Å². The Kier molecular flexibility index (Phi) is 7.43. The number of hydrogen-bond donors (Lipinski definition) is 1. The van der Waals surface area contributed by atoms with Crippen LogP contribution >= 0.6 is 0 Å². The van der Waals surface area contributed by atoms with Crippen LogP contribution in [0.3, 0.4) is 0 Å². The molecule has 2 amide bonds. The Balaban J connectivity index is 1.16. The van der Waals surface area contributed by atoms with E-state index in [9.17, 15) is 9.59 Å². The van der Waals surface area contributed by atoms with Crippen LogP contribution in [0.5, 0.6) is 0 Å². The number of carbonyl (C=O) groups is 2. The van der Waals surface area contributed by atoms with Crippen molar-refractivity contribution >= 4 is 23.2 Å². The first-order chi connectivity index (χ1) is 15.7. The fraction of sp³-hybridized carbons (Fsp3) is 0.462. The Hall–Kier alpha value is -2.86. The molecule has 2 heterocycles. The van der Waals surface area contributed by atoms with Gasteiger partial charge in [0.15, 0.2) is 0 Å². The molecular weight excluding hydrogens is 400 g/mol. The van der Waals surface area contributed by atoms with E-state index in [2.05, 4.69) is 58.4 Å². The molecule has 2 aliphatic rings. The van der Waals surface area contributed by atoms with E-state index in [4.69, 9.17) is 0 Å². The van der Waals surface area contributed by atoms with Gasteiger partial charge in [0.1, 0.15) is 5.92 Å². The molecule has 6 heteroatoms. The molecule has 2 fully saturated rings. The highest BCUT2D eigenvalue weighted by Gasteiger charge is 2.37. The minimum Gasteiger partial charge on any atom is -0.369 e. The number of para-hydroxylation sites is 1. The van der Waals surface area contributed by atoms with Gasteiger partial charge < -0.3 is 15.1 Å². The normalized spacial score (nSPS) is 19.4. The lowest BCUT2D eigenvalue weighted by molar-refractivity contribution is -0.132. The number of benzene rings is 2. The summed E-state index contributed by atoms with van der Waals surface area (Å²) in [6.45, 7) is 8.44. The van der Waals surface area contributed by atoms with Gasteiger partial charge in [-0.2, -0.15) is 0 Å². The summed E-state index contributed by atoms with van der Waals surface area (Å²) < 4.78 is 0. The molecule has 0 aromatic heterocycles. The topological polar surface area (TPSA) is 55.9 Å². The molecule has 0 saturated carbocycles. The zero-order valence-corrected chi connectivity index (χ0v) is 19.0. The third kappa shape index (κ3) is 5.30. The Labute approximate surface area is 191 Å². The van der Waals surface area contributed by atoms with Crippen molar-refractivity contribution < 1.29 is 9.59 Å². The molecule has 2 saturated heterocycles. The van der Waals surface area contributed by atoms with Crippen molar-refractivity contribution in [3.05, 3.63) is 60.2 Å². The standard InChI is InChI=1S/C26H34N4O2/c1-2-21-9-11-23(12-10-21)30-16-13-24(26(30)32)25(31)27-14-6-15-28-17-19-29(20-18-28)22-7-4-3-5-8-22/h3-5,7-12,24H,2,6,13-20H2,1H3,(H,27,31). The Morgan fingerprint density at radius 1 is 0.938 bits per heavy atom. The molecule has 32 heavy (non-hydrogen) atoms. The predicted octanol–water partition coefficient (Wildman–Crippen LogP) is 2.93. The van der Waals surface area contributed by atoms with Gasteiger partial charge in [-0.3, -0.25) is 14.5 Å². The van der Waals surface area contributed by atoms with Crippen molar-refractivity contribution in [1.29, 1.82) is 0 Å². The highest BCUT2D eigenvalue weighted by molar-refractivity contribution is 6.09. The lowest BCUT2D eigenvalue weighted by atomic mass is 10.1. The molecule has 6 nitrogen and oxygen atoms in total. The van der Waals surface area contributed by atoms with Crippen LogP contribution in [-0.4, -0.2) is 62.5 Å². The van der Waals surface area contributed by atoms with Gasteiger partial charge in [0, 0.05) is 50.6 Å². The van der Waals surface area contributed by atoms with E-state index in [0.717, 1.165) is 51.3 Å². The monoisotopic (exact) mass is 434 g/mol. The van der Waals surface area contributed by atoms with Crippen LogP contribution in [0.15, 0.2) is 54.6 Å². The average molecular weight is 435 g/mol. The highest BCUT2D eigenvalue weighted by atomic mass is 16.2. The van der Waals surface area contributed by atoms with Gasteiger partial charge in [0.2, 0.25) is 11.8 Å². The SMILES string of the molecule is CCc1ccc(N2CCC(C(=O)NCCCN3CCN(c4ccccc4)CC3)C2=O)cc1. The van der Waals surface area contributed by atoms with Crippen LogP contribution < -0.4 is 15.1 Å². The van der Waals surface area contributed by atoms with Gasteiger partial charge in [0.05, 0.1) is 0 Å². The molecule has 1 unspecified atom stereocenters. The number of nitrogens with one attached hydrogen (secondary N) is 1. The number of aryl methyl sites for hydroxylation is 1. The number of piperazine rings is 1. The molecule has 2 aromatic carbocycles. The van der Waals surface area contributed by atoms with Gasteiger partial charge in [-0.05, 0) is 55.6 Å². The number of hydrogen-bond acceptors (Lipinski definition) is 4. The summed E-state index contributed by atoms with van der Waals surface area (Å²) in [6.07, 6.45) is 2.46. The van der Waals surface area contributed by atoms with Crippen LogP contribution in [0, 0.1) is 5.92 Å². The molecule has 0 aliphatic carbocycles. The Morgan fingerprint density at radius 3 is 2.34 bits per heavy atom. The number of carbonyl (C=O) groups excluding carboxylic acids is 2. The van der Waals surface area contributed by atoms with Crippen molar-refractivity contribution in [1.82, 2.24) is 10.2 Å². The number of rotatable bonds is 8. The van der Waals surface area contributed by atoms with Crippen molar-refractivity contribution in [3.63, 3.8) is 0 Å². The van der Waals surface area contributed by atoms with E-state index >= 15 is 0 Å². The maximum absolute atomic E-state index is 12.8. The van der Waals surface area contributed by atoms with Crippen LogP contribution in [0.1, 0.15) is 25.3 Å². The van der Waals surface area contributed by atoms with E-state index in [1.807, 2.05) is 18.2 Å². The highest BCUT2D eigenvalue weighted by Crippen LogP contribution is 2.26. The van der Waals surface area contributed by atoms with Gasteiger partial charge in [-0.25, -0.2) is 0 Å². The number of nitrogens with zero attached hydrogens (tertiary/aromatic N) is 3. The molecule has 0 spiro atoms. The fourth-order valence-electron chi connectivity index (χ4n) is 4.60. The third-order valence-electron chi connectivity index (χ3n) is 6.62. The predicted molar refractivity (Wildman–Crippen MR) is 129 cm³/mol. The fourth-order valence-corrected chi connectivity index (χ4v) is 4.60. The third-order valence-corrected chi connectivity index (χ3v) is 6.62. The van der Waals surface area contributed by atoms with E-state index < -0.39 is 5.92 Å². The van der Waals surface area contributed by atoms with E-state index in [0.29, 0.717) is 19.5 Å². The van der Waals surface area contributed by atoms with Gasteiger partial charge in [-0.1, -0.05) is 37.3 Å². The molecule has 0 radical (unpaired) electrons. The molecular formula is C26H34N4O2. The maximum Gasteiger partial charge on any atom is 0.239 e. The second-order valence-corrected chi connectivity index (χ2v) is 8.66. The molecule has 2 aliphatic heterocycles. The van der Waals surface area contributed by atoms with Crippen molar-refractivity contribution in [2.75, 3.05) is 55.6 Å². The lowest BCUT2D eigenvalue weighted by Crippen LogP contribution is -2.47. The van der Waals surface area contributed by atoms with E-state index in [1.165, 1.54) is 11.3 Å². The molecule has 1 atom stereocenters. The minimum absolute atomic E-state index is 0.0798. The van der Waals surface area contributed by atoms with E-state index in [1.54, 1.807) is 4.90 Å². The van der Waals surface area contributed by atoms with Crippen LogP contribution in [-0.2, 0) is 16.0 Å². The van der Waals surface area contributed by atoms with Crippen LogP contribution in [0.4, 0.5) is 11.4 Å². The molecule has 4 rings (SSSR count). The quantitative estimate of drug-likeness (QED) is 0.513. The number of anilines is 2. The van der Waals surface area contributed by atoms with Gasteiger partial charge in [0.25, 0.3) is 0 Å². The van der Waals surface area contributed by atoms with Crippen LogP contribution in [0.25, 0.3) is 0 Å². The first-order valence-electron chi connectivity index (χ1n) is 11.9. The summed E-state index contributed by atoms with van der Waals surface area (Å²) in [4.78, 5) is 32.0. The number of amides is 2. The molecule has 2 aromatic rings. The van der Waals surface area contributed by atoms with Crippen molar-refractivity contribution in [3.8, 4) is 0 Å². The van der Waals surface area contributed by atoms with E-state index in [-0.39, 0.29) is 11.8 Å². The Morgan fingerprint density at radius 2 is 1.66 bits per heavy atom. The zero-order valence-electron chi connectivity index (χ0n) is 19.0. The second-order valence-electron chi connectivity index (χ2n) is 8.66. The first kappa shape index (κ1) is 22.3. The summed E-state index contributed by atoms with van der Waals surface area (Å²) in [5, 5.41) is 3.00. The second kappa shape index (κ2) is 10.6. The van der Waals surface area contributed by atoms with Gasteiger partial charge in [-0.15, -0.1) is 0 Å². The largest absolute Gasteiger partial charge is 0.369 e. The summed E-state index contributed by atoms with van der Waals surface area (Å²) in [5.41, 5.74) is 3.42. The Bertz CT molecular complexity index is 892. The zero-order chi connectivity index (χ0) is 22.3. The maximum atomic E-state index is 12.8. The first-order valence-corrected chi connectivity index (χ1v) is 11.9. The van der Waals surface area contributed by atoms with Crippen molar-refractivity contribution in [2.24, 2.45) is 5.92 Å². The summed E-state index contributed by atoms with van der Waals surface area (Å²) in [6, 6.07) is 18.6. The molecule has 1 N–H and O–H groups in total. The smallest absolute Gasteiger partial charge is 0.239 e. The van der Waals surface area contributed by atoms with Crippen molar-refractivity contribution in [2.45, 2.75) is 26.2 Å². The molecule has 170 valence electrons.